The molecule has 0 radical (unpaired) electrons. The van der Waals surface area contributed by atoms with Crippen LogP contribution in [-0.4, -0.2) is 23.6 Å². The summed E-state index contributed by atoms with van der Waals surface area (Å²) in [6.45, 7) is 0.0233. The van der Waals surface area contributed by atoms with E-state index in [1.807, 2.05) is 0 Å². The fourth-order valence-corrected chi connectivity index (χ4v) is 2.11. The normalized spacial score (nSPS) is 18.8. The van der Waals surface area contributed by atoms with Gasteiger partial charge in [-0.3, -0.25) is 10.2 Å². The fraction of sp³-hybridized carbons (Fsp3) is 0.364. The summed E-state index contributed by atoms with van der Waals surface area (Å²) in [4.78, 5) is 11.0. The molecular weight excluding hydrogens is 269 g/mol. The smallest absolute Gasteiger partial charge is 0.288 e. The second-order valence-corrected chi connectivity index (χ2v) is 4.41. The Balaban J connectivity index is 2.34. The van der Waals surface area contributed by atoms with Crippen LogP contribution < -0.4 is 5.43 Å². The molecule has 1 aromatic carbocycles. The Labute approximate surface area is 106 Å². The van der Waals surface area contributed by atoms with Gasteiger partial charge in [0.2, 0.25) is 5.91 Å². The maximum Gasteiger partial charge on any atom is 0.409 e. The molecule has 2 rings (SSSR count). The van der Waals surface area contributed by atoms with Crippen molar-refractivity contribution in [1.82, 2.24) is 10.4 Å². The molecule has 1 aliphatic heterocycles. The number of benzene rings is 1. The molecule has 1 saturated heterocycles. The number of halogens is 4. The van der Waals surface area contributed by atoms with Gasteiger partial charge in [-0.2, -0.15) is 13.2 Å². The minimum absolute atomic E-state index is 0.0113. The number of nitrogens with one attached hydrogen (secondary N) is 1. The second-order valence-electron chi connectivity index (χ2n) is 3.98. The van der Waals surface area contributed by atoms with Crippen molar-refractivity contribution in [3.8, 4) is 0 Å². The molecule has 18 heavy (non-hydrogen) atoms. The van der Waals surface area contributed by atoms with Crippen LogP contribution in [0.15, 0.2) is 24.3 Å². The molecule has 7 heteroatoms. The first-order valence-electron chi connectivity index (χ1n) is 5.26. The number of nitrogens with zero attached hydrogens (tertiary/aromatic N) is 1. The van der Waals surface area contributed by atoms with E-state index in [0.717, 1.165) is 5.01 Å². The zero-order chi connectivity index (χ0) is 13.3. The molecule has 1 aromatic rings. The zero-order valence-corrected chi connectivity index (χ0v) is 9.92. The molecule has 0 spiro atoms. The lowest BCUT2D eigenvalue weighted by Crippen LogP contribution is -2.43. The maximum atomic E-state index is 13.1. The highest BCUT2D eigenvalue weighted by atomic mass is 35.5. The van der Waals surface area contributed by atoms with Gasteiger partial charge in [0, 0.05) is 18.0 Å². The third kappa shape index (κ3) is 2.76. The van der Waals surface area contributed by atoms with Crippen molar-refractivity contribution in [1.29, 1.82) is 0 Å². The standard InChI is InChI=1S/C11H10ClF3N2O/c12-8-3-1-2-7(6-8)10(11(13,14)15)17-5-4-9(18)16-17/h1-3,6,10H,4-5H2,(H,16,18). The van der Waals surface area contributed by atoms with Crippen LogP contribution in [0.2, 0.25) is 5.02 Å². The fourth-order valence-electron chi connectivity index (χ4n) is 1.91. The Morgan fingerprint density at radius 2 is 2.11 bits per heavy atom. The summed E-state index contributed by atoms with van der Waals surface area (Å²) in [5, 5.41) is 1.13. The number of hydrogen-bond acceptors (Lipinski definition) is 2. The lowest BCUT2D eigenvalue weighted by atomic mass is 10.1. The first kappa shape index (κ1) is 13.2. The molecule has 0 saturated carbocycles. The summed E-state index contributed by atoms with van der Waals surface area (Å²) in [6, 6.07) is 3.68. The SMILES string of the molecule is O=C1CCN(C(c2cccc(Cl)c2)C(F)(F)F)N1. The van der Waals surface area contributed by atoms with E-state index < -0.39 is 18.1 Å². The number of rotatable bonds is 2. The van der Waals surface area contributed by atoms with Crippen molar-refractivity contribution < 1.29 is 18.0 Å². The van der Waals surface area contributed by atoms with E-state index in [4.69, 9.17) is 11.6 Å². The van der Waals surface area contributed by atoms with Crippen LogP contribution in [0.25, 0.3) is 0 Å². The van der Waals surface area contributed by atoms with Gasteiger partial charge in [0.05, 0.1) is 0 Å². The average molecular weight is 279 g/mol. The largest absolute Gasteiger partial charge is 0.409 e. The first-order valence-corrected chi connectivity index (χ1v) is 5.64. The first-order chi connectivity index (χ1) is 8.38. The van der Waals surface area contributed by atoms with Crippen molar-refractivity contribution in [2.45, 2.75) is 18.6 Å². The van der Waals surface area contributed by atoms with Crippen LogP contribution >= 0.6 is 11.6 Å². The summed E-state index contributed by atoms with van der Waals surface area (Å²) in [7, 11) is 0. The van der Waals surface area contributed by atoms with Gasteiger partial charge in [0.15, 0.2) is 0 Å². The Bertz CT molecular complexity index is 464. The third-order valence-electron chi connectivity index (χ3n) is 2.63. The van der Waals surface area contributed by atoms with E-state index in [0.29, 0.717) is 0 Å². The number of hydrogen-bond donors (Lipinski definition) is 1. The monoisotopic (exact) mass is 278 g/mol. The minimum Gasteiger partial charge on any atom is -0.288 e. The van der Waals surface area contributed by atoms with E-state index in [1.54, 1.807) is 0 Å². The van der Waals surface area contributed by atoms with Crippen LogP contribution in [-0.2, 0) is 4.79 Å². The number of carbonyl (C=O) groups is 1. The van der Waals surface area contributed by atoms with E-state index >= 15 is 0 Å². The minimum atomic E-state index is -4.48. The van der Waals surface area contributed by atoms with Gasteiger partial charge in [-0.25, -0.2) is 5.01 Å². The molecule has 1 aliphatic rings. The van der Waals surface area contributed by atoms with Crippen LogP contribution in [0.5, 0.6) is 0 Å². The summed E-state index contributed by atoms with van der Waals surface area (Å²) >= 11 is 5.70. The molecule has 1 unspecified atom stereocenters. The second kappa shape index (κ2) is 4.78. The van der Waals surface area contributed by atoms with Gasteiger partial charge in [-0.15, -0.1) is 0 Å². The average Bonchev–Trinajstić information content (AvgIpc) is 2.62. The van der Waals surface area contributed by atoms with Crippen molar-refractivity contribution in [3.63, 3.8) is 0 Å². The van der Waals surface area contributed by atoms with Crippen molar-refractivity contribution in [3.05, 3.63) is 34.9 Å². The molecule has 1 fully saturated rings. The Morgan fingerprint density at radius 1 is 1.39 bits per heavy atom. The van der Waals surface area contributed by atoms with Gasteiger partial charge in [-0.1, -0.05) is 23.7 Å². The number of amides is 1. The highest BCUT2D eigenvalue weighted by molar-refractivity contribution is 6.30. The summed E-state index contributed by atoms with van der Waals surface area (Å²) in [5.74, 6) is -0.411. The number of carbonyl (C=O) groups excluding carboxylic acids is 1. The van der Waals surface area contributed by atoms with Gasteiger partial charge < -0.3 is 0 Å². The van der Waals surface area contributed by atoms with Crippen LogP contribution in [0, 0.1) is 0 Å². The topological polar surface area (TPSA) is 32.3 Å². The number of hydrazine groups is 1. The summed E-state index contributed by atoms with van der Waals surface area (Å²) in [6.07, 6.45) is -4.42. The quantitative estimate of drug-likeness (QED) is 0.902. The van der Waals surface area contributed by atoms with E-state index in [1.165, 1.54) is 24.3 Å². The molecule has 1 amide bonds. The predicted octanol–water partition coefficient (Wildman–Crippen LogP) is 2.68. The maximum absolute atomic E-state index is 13.1. The highest BCUT2D eigenvalue weighted by Crippen LogP contribution is 2.38. The van der Waals surface area contributed by atoms with Crippen LogP contribution in [0.3, 0.4) is 0 Å². The lowest BCUT2D eigenvalue weighted by molar-refractivity contribution is -0.191. The molecule has 1 N–H and O–H groups in total. The van der Waals surface area contributed by atoms with Gasteiger partial charge in [-0.05, 0) is 17.7 Å². The summed E-state index contributed by atoms with van der Waals surface area (Å²) in [5.41, 5.74) is 2.22. The van der Waals surface area contributed by atoms with Gasteiger partial charge >= 0.3 is 6.18 Å². The van der Waals surface area contributed by atoms with Crippen molar-refractivity contribution in [2.24, 2.45) is 0 Å². The Kier molecular flexibility index (Phi) is 3.49. The molecule has 0 aromatic heterocycles. The molecule has 1 heterocycles. The number of alkyl halides is 3. The Morgan fingerprint density at radius 3 is 2.61 bits per heavy atom. The highest BCUT2D eigenvalue weighted by Gasteiger charge is 2.46. The molecular formula is C11H10ClF3N2O. The predicted molar refractivity (Wildman–Crippen MR) is 59.7 cm³/mol. The van der Waals surface area contributed by atoms with Gasteiger partial charge in [0.1, 0.15) is 6.04 Å². The molecule has 98 valence electrons. The van der Waals surface area contributed by atoms with E-state index in [9.17, 15) is 18.0 Å². The summed E-state index contributed by atoms with van der Waals surface area (Å²) < 4.78 is 39.2. The van der Waals surface area contributed by atoms with Crippen molar-refractivity contribution in [2.75, 3.05) is 6.54 Å². The zero-order valence-electron chi connectivity index (χ0n) is 9.17. The molecule has 3 nitrogen and oxygen atoms in total. The van der Waals surface area contributed by atoms with Crippen molar-refractivity contribution >= 4 is 17.5 Å². The molecule has 0 bridgehead atoms. The Hall–Kier alpha value is -1.27. The third-order valence-corrected chi connectivity index (χ3v) is 2.87. The van der Waals surface area contributed by atoms with Crippen LogP contribution in [0.4, 0.5) is 13.2 Å². The molecule has 1 atom stereocenters. The van der Waals surface area contributed by atoms with Crippen LogP contribution in [0.1, 0.15) is 18.0 Å². The van der Waals surface area contributed by atoms with E-state index in [2.05, 4.69) is 5.43 Å². The lowest BCUT2D eigenvalue weighted by Gasteiger charge is -2.29. The molecule has 0 aliphatic carbocycles. The van der Waals surface area contributed by atoms with E-state index in [-0.39, 0.29) is 23.6 Å². The van der Waals surface area contributed by atoms with Gasteiger partial charge in [0.25, 0.3) is 0 Å².